The molecule has 0 radical (unpaired) electrons. The van der Waals surface area contributed by atoms with Gasteiger partial charge in [-0.15, -0.1) is 11.3 Å². The summed E-state index contributed by atoms with van der Waals surface area (Å²) in [5, 5.41) is 24.6. The molecule has 0 aliphatic carbocycles. The molecule has 9 nitrogen and oxygen atoms in total. The Hall–Kier alpha value is -4.31. The number of non-ortho nitro benzene ring substituents is 1. The Balaban J connectivity index is 1.65. The van der Waals surface area contributed by atoms with Crippen molar-refractivity contribution in [1.82, 2.24) is 4.98 Å². The normalized spacial score (nSPS) is 16.1. The maximum atomic E-state index is 13.5. The zero-order valence-corrected chi connectivity index (χ0v) is 17.9. The molecule has 0 spiro atoms. The van der Waals surface area contributed by atoms with Crippen molar-refractivity contribution in [1.29, 1.82) is 0 Å². The summed E-state index contributed by atoms with van der Waals surface area (Å²) in [6.07, 6.45) is 0. The number of carbonyl (C=O) groups is 2. The van der Waals surface area contributed by atoms with Gasteiger partial charge in [0.15, 0.2) is 16.7 Å². The number of para-hydroxylation sites is 1. The highest BCUT2D eigenvalue weighted by atomic mass is 32.1. The molecule has 10 heteroatoms. The maximum Gasteiger partial charge on any atom is 0.296 e. The number of carbonyl (C=O) groups excluding carboxylic acids is 2. The molecule has 1 N–H and O–H groups in total. The third kappa shape index (κ3) is 3.37. The Labute approximate surface area is 190 Å². The molecule has 0 bridgehead atoms. The van der Waals surface area contributed by atoms with Crippen LogP contribution in [0.2, 0.25) is 0 Å². The maximum absolute atomic E-state index is 13.5. The number of nitro groups is 1. The Kier molecular flexibility index (Phi) is 4.79. The molecule has 1 unspecified atom stereocenters. The second-order valence-electron chi connectivity index (χ2n) is 7.44. The van der Waals surface area contributed by atoms with Gasteiger partial charge in [-0.2, -0.15) is 0 Å². The first-order valence-corrected chi connectivity index (χ1v) is 10.7. The summed E-state index contributed by atoms with van der Waals surface area (Å²) in [6.45, 7) is 1.76. The lowest BCUT2D eigenvalue weighted by molar-refractivity contribution is -0.384. The number of rotatable bonds is 5. The van der Waals surface area contributed by atoms with Gasteiger partial charge in [-0.05, 0) is 36.8 Å². The monoisotopic (exact) mass is 461 g/mol. The third-order valence-electron chi connectivity index (χ3n) is 5.33. The number of nitrogens with zero attached hydrogens (tertiary/aromatic N) is 3. The van der Waals surface area contributed by atoms with E-state index >= 15 is 0 Å². The van der Waals surface area contributed by atoms with Gasteiger partial charge in [-0.1, -0.05) is 18.2 Å². The molecule has 33 heavy (non-hydrogen) atoms. The fraction of sp³-hybridized carbons (Fsp3) is 0.0870. The first kappa shape index (κ1) is 20.6. The van der Waals surface area contributed by atoms with Gasteiger partial charge in [0, 0.05) is 22.9 Å². The number of hydrogen-bond donors (Lipinski definition) is 1. The number of benzene rings is 2. The predicted molar refractivity (Wildman–Crippen MR) is 120 cm³/mol. The summed E-state index contributed by atoms with van der Waals surface area (Å²) in [7, 11) is 0. The van der Waals surface area contributed by atoms with Crippen LogP contribution in [0.5, 0.6) is 0 Å². The number of ketones is 1. The van der Waals surface area contributed by atoms with E-state index in [1.807, 2.05) is 0 Å². The van der Waals surface area contributed by atoms with E-state index in [9.17, 15) is 24.8 Å². The van der Waals surface area contributed by atoms with Crippen molar-refractivity contribution >= 4 is 44.8 Å². The standard InChI is InChI=1S/C23H15N3O6S/c1-12-11-33-23(24-12)25-19(13-6-8-15(9-7-13)26(30)31)18(21(28)22(25)29)20(27)17-10-14-4-2-3-5-16(14)32-17/h2-11,19,28H,1H3. The van der Waals surface area contributed by atoms with Crippen LogP contribution in [0.25, 0.3) is 11.0 Å². The number of thiazole rings is 1. The van der Waals surface area contributed by atoms with Crippen LogP contribution in [-0.4, -0.2) is 26.7 Å². The van der Waals surface area contributed by atoms with Crippen molar-refractivity contribution in [3.63, 3.8) is 0 Å². The van der Waals surface area contributed by atoms with Crippen LogP contribution in [-0.2, 0) is 4.79 Å². The van der Waals surface area contributed by atoms with Crippen LogP contribution < -0.4 is 4.90 Å². The molecule has 1 atom stereocenters. The Bertz CT molecular complexity index is 1430. The largest absolute Gasteiger partial charge is 0.503 e. The van der Waals surface area contributed by atoms with Crippen molar-refractivity contribution in [3.8, 4) is 0 Å². The predicted octanol–water partition coefficient (Wildman–Crippen LogP) is 4.89. The average Bonchev–Trinajstić information content (AvgIpc) is 3.50. The number of aliphatic hydroxyl groups excluding tert-OH is 1. The summed E-state index contributed by atoms with van der Waals surface area (Å²) >= 11 is 1.19. The molecule has 164 valence electrons. The van der Waals surface area contributed by atoms with Gasteiger partial charge in [0.05, 0.1) is 22.2 Å². The van der Waals surface area contributed by atoms with Gasteiger partial charge in [0.2, 0.25) is 5.78 Å². The topological polar surface area (TPSA) is 127 Å². The van der Waals surface area contributed by atoms with E-state index in [0.717, 1.165) is 0 Å². The number of anilines is 1. The number of aryl methyl sites for hydroxylation is 1. The zero-order chi connectivity index (χ0) is 23.3. The second kappa shape index (κ2) is 7.68. The number of aromatic nitrogens is 1. The quantitative estimate of drug-likeness (QED) is 0.255. The van der Waals surface area contributed by atoms with Gasteiger partial charge < -0.3 is 9.52 Å². The minimum atomic E-state index is -1.04. The lowest BCUT2D eigenvalue weighted by Gasteiger charge is -2.24. The summed E-state index contributed by atoms with van der Waals surface area (Å²) < 4.78 is 5.68. The van der Waals surface area contributed by atoms with Crippen LogP contribution in [0.15, 0.2) is 75.7 Å². The number of hydrogen-bond acceptors (Lipinski definition) is 8. The van der Waals surface area contributed by atoms with Gasteiger partial charge in [-0.3, -0.25) is 24.6 Å². The minimum absolute atomic E-state index is 0.0327. The number of amides is 1. The summed E-state index contributed by atoms with van der Waals surface area (Å²) in [4.78, 5) is 42.7. The molecule has 2 aromatic heterocycles. The summed E-state index contributed by atoms with van der Waals surface area (Å²) in [5.74, 6) is -2.19. The molecule has 0 saturated carbocycles. The molecule has 1 aliphatic rings. The van der Waals surface area contributed by atoms with Crippen molar-refractivity contribution in [3.05, 3.63) is 98.4 Å². The van der Waals surface area contributed by atoms with Gasteiger partial charge in [0.1, 0.15) is 5.58 Å². The van der Waals surface area contributed by atoms with E-state index in [4.69, 9.17) is 4.42 Å². The highest BCUT2D eigenvalue weighted by Crippen LogP contribution is 2.43. The van der Waals surface area contributed by atoms with Gasteiger partial charge in [0.25, 0.3) is 11.6 Å². The molecule has 0 saturated heterocycles. The number of furan rings is 1. The number of nitro benzene ring substituents is 1. The SMILES string of the molecule is Cc1csc(N2C(=O)C(O)=C(C(=O)c3cc4ccccc4o3)C2c2ccc([N+](=O)[O-])cc2)n1. The Morgan fingerprint density at radius 3 is 2.58 bits per heavy atom. The van der Waals surface area contributed by atoms with Gasteiger partial charge >= 0.3 is 0 Å². The van der Waals surface area contributed by atoms with Crippen LogP contribution in [0.1, 0.15) is 27.9 Å². The molecule has 0 fully saturated rings. The molecule has 3 heterocycles. The van der Waals surface area contributed by atoms with Crippen molar-refractivity contribution in [2.75, 3.05) is 4.90 Å². The van der Waals surface area contributed by atoms with Crippen LogP contribution in [0.3, 0.4) is 0 Å². The minimum Gasteiger partial charge on any atom is -0.503 e. The lowest BCUT2D eigenvalue weighted by Crippen LogP contribution is -2.31. The first-order valence-electron chi connectivity index (χ1n) is 9.81. The molecule has 4 aromatic rings. The Morgan fingerprint density at radius 1 is 1.21 bits per heavy atom. The number of Topliss-reactive ketones (excluding diaryl/α,β-unsaturated/α-hetero) is 1. The van der Waals surface area contributed by atoms with Crippen LogP contribution in [0, 0.1) is 17.0 Å². The van der Waals surface area contributed by atoms with Crippen molar-refractivity contribution in [2.45, 2.75) is 13.0 Å². The van der Waals surface area contributed by atoms with Crippen molar-refractivity contribution < 1.29 is 24.0 Å². The highest BCUT2D eigenvalue weighted by molar-refractivity contribution is 7.14. The molecular weight excluding hydrogens is 446 g/mol. The molecular formula is C23H15N3O6S. The van der Waals surface area contributed by atoms with E-state index in [1.165, 1.54) is 40.5 Å². The number of aliphatic hydroxyl groups is 1. The average molecular weight is 461 g/mol. The fourth-order valence-electron chi connectivity index (χ4n) is 3.81. The van der Waals surface area contributed by atoms with Crippen LogP contribution >= 0.6 is 11.3 Å². The molecule has 2 aromatic carbocycles. The summed E-state index contributed by atoms with van der Waals surface area (Å²) in [6, 6.07) is 13.0. The highest BCUT2D eigenvalue weighted by Gasteiger charge is 2.46. The van der Waals surface area contributed by atoms with Crippen LogP contribution in [0.4, 0.5) is 10.8 Å². The third-order valence-corrected chi connectivity index (χ3v) is 6.29. The smallest absolute Gasteiger partial charge is 0.296 e. The van der Waals surface area contributed by atoms with E-state index < -0.39 is 28.4 Å². The number of fused-ring (bicyclic) bond motifs is 1. The van der Waals surface area contributed by atoms with E-state index in [-0.39, 0.29) is 17.0 Å². The fourth-order valence-corrected chi connectivity index (χ4v) is 4.63. The van der Waals surface area contributed by atoms with E-state index in [2.05, 4.69) is 4.98 Å². The van der Waals surface area contributed by atoms with Gasteiger partial charge in [-0.25, -0.2) is 4.98 Å². The van der Waals surface area contributed by atoms with E-state index in [1.54, 1.807) is 42.6 Å². The first-order chi connectivity index (χ1) is 15.8. The molecule has 1 aliphatic heterocycles. The molecule has 5 rings (SSSR count). The summed E-state index contributed by atoms with van der Waals surface area (Å²) in [5.41, 5.74) is 1.25. The van der Waals surface area contributed by atoms with E-state index in [0.29, 0.717) is 27.4 Å². The second-order valence-corrected chi connectivity index (χ2v) is 8.27. The lowest BCUT2D eigenvalue weighted by atomic mass is 9.95. The Morgan fingerprint density at radius 2 is 1.94 bits per heavy atom. The van der Waals surface area contributed by atoms with Crippen molar-refractivity contribution in [2.24, 2.45) is 0 Å². The molecule has 1 amide bonds. The zero-order valence-electron chi connectivity index (χ0n) is 17.1.